The van der Waals surface area contributed by atoms with Crippen molar-refractivity contribution in [2.24, 2.45) is 0 Å². The Hall–Kier alpha value is -1.91. The van der Waals surface area contributed by atoms with Crippen LogP contribution >= 0.6 is 0 Å². The number of hydrogen-bond acceptors (Lipinski definition) is 2. The molecule has 20 heavy (non-hydrogen) atoms. The molecule has 0 aliphatic rings. The molecule has 0 aromatic heterocycles. The highest BCUT2D eigenvalue weighted by molar-refractivity contribution is 5.53. The largest absolute Gasteiger partial charge is 0.417 e. The standard InChI is InChI=1S/C12H10F6N2/c1-7(5-11(13,14)15)20-9-3-2-8(6-19)10(4-9)12(16,17)18/h2-4,7,20H,5H2,1H3. The third kappa shape index (κ3) is 4.64. The van der Waals surface area contributed by atoms with E-state index in [4.69, 9.17) is 5.26 Å². The van der Waals surface area contributed by atoms with Gasteiger partial charge < -0.3 is 5.32 Å². The van der Waals surface area contributed by atoms with E-state index in [-0.39, 0.29) is 5.69 Å². The SMILES string of the molecule is CC(CC(F)(F)F)Nc1ccc(C#N)c(C(F)(F)F)c1. The number of nitrogens with one attached hydrogen (secondary N) is 1. The average molecular weight is 296 g/mol. The maximum absolute atomic E-state index is 12.7. The minimum Gasteiger partial charge on any atom is -0.382 e. The molecular weight excluding hydrogens is 286 g/mol. The first-order valence-electron chi connectivity index (χ1n) is 5.47. The van der Waals surface area contributed by atoms with Gasteiger partial charge in [0.1, 0.15) is 0 Å². The van der Waals surface area contributed by atoms with E-state index in [1.54, 1.807) is 0 Å². The first kappa shape index (κ1) is 16.1. The van der Waals surface area contributed by atoms with Gasteiger partial charge in [-0.1, -0.05) is 0 Å². The molecular formula is C12H10F6N2. The summed E-state index contributed by atoms with van der Waals surface area (Å²) in [5.74, 6) is 0. The molecule has 0 bridgehead atoms. The Morgan fingerprint density at radius 3 is 2.25 bits per heavy atom. The average Bonchev–Trinajstić information content (AvgIpc) is 2.25. The Balaban J connectivity index is 2.97. The van der Waals surface area contributed by atoms with Gasteiger partial charge >= 0.3 is 12.4 Å². The lowest BCUT2D eigenvalue weighted by Gasteiger charge is -2.18. The van der Waals surface area contributed by atoms with Crippen molar-refractivity contribution < 1.29 is 26.3 Å². The number of halogens is 6. The van der Waals surface area contributed by atoms with Crippen molar-refractivity contribution in [3.05, 3.63) is 29.3 Å². The van der Waals surface area contributed by atoms with Crippen molar-refractivity contribution in [3.63, 3.8) is 0 Å². The van der Waals surface area contributed by atoms with E-state index < -0.39 is 35.9 Å². The van der Waals surface area contributed by atoms with Crippen LogP contribution in [0.3, 0.4) is 0 Å². The lowest BCUT2D eigenvalue weighted by Crippen LogP contribution is -2.24. The van der Waals surface area contributed by atoms with Gasteiger partial charge in [-0.2, -0.15) is 31.6 Å². The van der Waals surface area contributed by atoms with Gasteiger partial charge in [0, 0.05) is 11.7 Å². The molecule has 110 valence electrons. The zero-order valence-electron chi connectivity index (χ0n) is 10.2. The van der Waals surface area contributed by atoms with Gasteiger partial charge in [0.15, 0.2) is 0 Å². The van der Waals surface area contributed by atoms with Crippen LogP contribution in [0.4, 0.5) is 32.0 Å². The summed E-state index contributed by atoms with van der Waals surface area (Å²) in [4.78, 5) is 0. The molecule has 0 saturated carbocycles. The first-order valence-corrected chi connectivity index (χ1v) is 5.47. The molecule has 0 heterocycles. The molecule has 0 spiro atoms. The van der Waals surface area contributed by atoms with Crippen molar-refractivity contribution >= 4 is 5.69 Å². The topological polar surface area (TPSA) is 35.8 Å². The predicted molar refractivity (Wildman–Crippen MR) is 59.9 cm³/mol. The molecule has 1 rings (SSSR count). The number of nitriles is 1. The maximum Gasteiger partial charge on any atom is 0.417 e. The summed E-state index contributed by atoms with van der Waals surface area (Å²) in [7, 11) is 0. The summed E-state index contributed by atoms with van der Waals surface area (Å²) in [6.45, 7) is 1.21. The number of nitrogens with zero attached hydrogens (tertiary/aromatic N) is 1. The maximum atomic E-state index is 12.7. The molecule has 0 amide bonds. The third-order valence-electron chi connectivity index (χ3n) is 2.40. The predicted octanol–water partition coefficient (Wildman–Crippen LogP) is 4.33. The molecule has 0 fully saturated rings. The number of hydrogen-bond donors (Lipinski definition) is 1. The van der Waals surface area contributed by atoms with Gasteiger partial charge in [0.05, 0.1) is 23.6 Å². The molecule has 1 aromatic rings. The fourth-order valence-electron chi connectivity index (χ4n) is 1.65. The van der Waals surface area contributed by atoms with Gasteiger partial charge in [-0.3, -0.25) is 0 Å². The zero-order valence-corrected chi connectivity index (χ0v) is 10.2. The van der Waals surface area contributed by atoms with Gasteiger partial charge in [0.2, 0.25) is 0 Å². The monoisotopic (exact) mass is 296 g/mol. The van der Waals surface area contributed by atoms with E-state index in [0.717, 1.165) is 12.1 Å². The molecule has 1 N–H and O–H groups in total. The highest BCUT2D eigenvalue weighted by Gasteiger charge is 2.34. The molecule has 0 radical (unpaired) electrons. The number of benzene rings is 1. The van der Waals surface area contributed by atoms with Crippen LogP contribution in [0, 0.1) is 11.3 Å². The van der Waals surface area contributed by atoms with Crippen LogP contribution in [0.2, 0.25) is 0 Å². The van der Waals surface area contributed by atoms with E-state index >= 15 is 0 Å². The second kappa shape index (κ2) is 5.61. The first-order chi connectivity index (χ1) is 9.03. The lowest BCUT2D eigenvalue weighted by molar-refractivity contribution is -0.138. The Morgan fingerprint density at radius 2 is 1.80 bits per heavy atom. The van der Waals surface area contributed by atoms with Crippen molar-refractivity contribution in [1.29, 1.82) is 5.26 Å². The highest BCUT2D eigenvalue weighted by atomic mass is 19.4. The van der Waals surface area contributed by atoms with E-state index in [0.29, 0.717) is 6.07 Å². The summed E-state index contributed by atoms with van der Waals surface area (Å²) in [6, 6.07) is 3.01. The normalized spacial score (nSPS) is 13.7. The summed E-state index contributed by atoms with van der Waals surface area (Å²) >= 11 is 0. The summed E-state index contributed by atoms with van der Waals surface area (Å²) in [5, 5.41) is 10.9. The van der Waals surface area contributed by atoms with Crippen molar-refractivity contribution in [2.45, 2.75) is 31.7 Å². The summed E-state index contributed by atoms with van der Waals surface area (Å²) < 4.78 is 74.4. The number of alkyl halides is 6. The highest BCUT2D eigenvalue weighted by Crippen LogP contribution is 2.34. The van der Waals surface area contributed by atoms with Gasteiger partial charge in [-0.25, -0.2) is 0 Å². The second-order valence-corrected chi connectivity index (χ2v) is 4.23. The Bertz CT molecular complexity index is 512. The molecule has 0 aliphatic heterocycles. The smallest absolute Gasteiger partial charge is 0.382 e. The number of rotatable bonds is 3. The Morgan fingerprint density at radius 1 is 1.20 bits per heavy atom. The number of anilines is 1. The Labute approximate surface area is 111 Å². The van der Waals surface area contributed by atoms with Crippen LogP contribution in [0.25, 0.3) is 0 Å². The van der Waals surface area contributed by atoms with Crippen LogP contribution in [-0.4, -0.2) is 12.2 Å². The summed E-state index contributed by atoms with van der Waals surface area (Å²) in [5.41, 5.74) is -1.87. The van der Waals surface area contributed by atoms with Crippen LogP contribution in [0.5, 0.6) is 0 Å². The minimum atomic E-state index is -4.74. The van der Waals surface area contributed by atoms with E-state index in [1.165, 1.54) is 13.0 Å². The van der Waals surface area contributed by atoms with Crippen LogP contribution in [0.1, 0.15) is 24.5 Å². The molecule has 8 heteroatoms. The molecule has 1 unspecified atom stereocenters. The molecule has 2 nitrogen and oxygen atoms in total. The fraction of sp³-hybridized carbons (Fsp3) is 0.417. The zero-order chi connectivity index (χ0) is 15.6. The molecule has 0 aliphatic carbocycles. The summed E-state index contributed by atoms with van der Waals surface area (Å²) in [6.07, 6.45) is -10.3. The van der Waals surface area contributed by atoms with Crippen LogP contribution in [-0.2, 0) is 6.18 Å². The van der Waals surface area contributed by atoms with Gasteiger partial charge in [-0.15, -0.1) is 0 Å². The Kier molecular flexibility index (Phi) is 4.53. The second-order valence-electron chi connectivity index (χ2n) is 4.23. The van der Waals surface area contributed by atoms with Crippen molar-refractivity contribution in [2.75, 3.05) is 5.32 Å². The van der Waals surface area contributed by atoms with Crippen molar-refractivity contribution in [1.82, 2.24) is 0 Å². The lowest BCUT2D eigenvalue weighted by atomic mass is 10.1. The van der Waals surface area contributed by atoms with Crippen LogP contribution in [0.15, 0.2) is 18.2 Å². The van der Waals surface area contributed by atoms with Crippen LogP contribution < -0.4 is 5.32 Å². The van der Waals surface area contributed by atoms with E-state index in [1.807, 2.05) is 0 Å². The van der Waals surface area contributed by atoms with E-state index in [2.05, 4.69) is 5.32 Å². The van der Waals surface area contributed by atoms with E-state index in [9.17, 15) is 26.3 Å². The molecule has 0 saturated heterocycles. The third-order valence-corrected chi connectivity index (χ3v) is 2.40. The minimum absolute atomic E-state index is 0.118. The van der Waals surface area contributed by atoms with Gasteiger partial charge in [-0.05, 0) is 25.1 Å². The quantitative estimate of drug-likeness (QED) is 0.843. The molecule has 1 atom stereocenters. The van der Waals surface area contributed by atoms with Gasteiger partial charge in [0.25, 0.3) is 0 Å². The van der Waals surface area contributed by atoms with Crippen molar-refractivity contribution in [3.8, 4) is 6.07 Å². The fourth-order valence-corrected chi connectivity index (χ4v) is 1.65. The molecule has 1 aromatic carbocycles.